The van der Waals surface area contributed by atoms with E-state index in [0.29, 0.717) is 26.2 Å². The van der Waals surface area contributed by atoms with Crippen LogP contribution in [0, 0.1) is 0 Å². The average molecular weight is 1230 g/mol. The van der Waals surface area contributed by atoms with Crippen molar-refractivity contribution in [3.05, 3.63) is 30.3 Å². The van der Waals surface area contributed by atoms with Gasteiger partial charge in [0, 0.05) is 78.0 Å². The Hall–Kier alpha value is -1.70. The van der Waals surface area contributed by atoms with E-state index in [9.17, 15) is 0 Å². The second-order valence-electron chi connectivity index (χ2n) is 21.4. The van der Waals surface area contributed by atoms with Crippen LogP contribution in [0.3, 0.4) is 0 Å². The van der Waals surface area contributed by atoms with Gasteiger partial charge in [0.25, 0.3) is 0 Å². The lowest BCUT2D eigenvalue weighted by Crippen LogP contribution is -2.44. The van der Waals surface area contributed by atoms with E-state index in [2.05, 4.69) is 66.6 Å². The van der Waals surface area contributed by atoms with Crippen molar-refractivity contribution in [2.75, 3.05) is 171 Å². The lowest BCUT2D eigenvalue weighted by molar-refractivity contribution is 0.153. The quantitative estimate of drug-likeness (QED) is 0.0328. The number of hydrogen-bond acceptors (Lipinski definition) is 19. The zero-order chi connectivity index (χ0) is 64.6. The third kappa shape index (κ3) is 102. The second kappa shape index (κ2) is 95.9. The van der Waals surface area contributed by atoms with E-state index in [4.69, 9.17) is 77.4 Å². The first-order valence-electron chi connectivity index (χ1n) is 34.0. The van der Waals surface area contributed by atoms with Crippen LogP contribution in [-0.2, 0) is 0 Å². The molecule has 3 heterocycles. The van der Waals surface area contributed by atoms with Crippen molar-refractivity contribution in [3.63, 3.8) is 0 Å². The fourth-order valence-electron chi connectivity index (χ4n) is 7.44. The summed E-state index contributed by atoms with van der Waals surface area (Å²) in [5.41, 5.74) is 52.7. The predicted molar refractivity (Wildman–Crippen MR) is 379 cm³/mol. The van der Waals surface area contributed by atoms with Crippen molar-refractivity contribution in [2.24, 2.45) is 57.3 Å². The standard InChI is InChI=1S/C8H19N3.C8H11NO.C7H18N2O.C7H16N2.C7H17N.C6H15N.C5H11N.C5H13N.2C4H11NO.C4H11N.CH4/c1-10-5-7-11(8-6-10)4-2-3-9;9-6-7-10-8-4-2-1-3-5-8;1-2-4-9(5-3-8)6-7-10;8-4-7-9-5-2-1-3-6-9;1-2-3-4-5-6-7-8;1-2-3-4-5-6-7;1-2-4-6-5-3-1;1-2-3-4-5-6;1-2-4(5)3-6;1-2-4(6)3-5;1-2-3-4-5;/h2-9H2,1H3;1-5H,6-7,9H2;10H,2-8H2,1H3;1-8H2;2-8H2,1H3;2-7H2,1H3;6H,1-5H2;2-6H2,1H3;2*4,6H,2-3,5H2,1H3;2-5H2,1H3;1H4. The molecule has 85 heavy (non-hydrogen) atoms. The predicted octanol–water partition coefficient (Wildman–Crippen LogP) is 6.84. The molecule has 0 aromatic heterocycles. The van der Waals surface area contributed by atoms with Crippen molar-refractivity contribution < 1.29 is 20.1 Å². The molecule has 19 heteroatoms. The number of aliphatic hydroxyl groups excluding tert-OH is 3. The number of nitrogens with one attached hydrogen (secondary N) is 1. The van der Waals surface area contributed by atoms with Gasteiger partial charge in [0.15, 0.2) is 0 Å². The molecule has 2 unspecified atom stereocenters. The zero-order valence-corrected chi connectivity index (χ0v) is 57.0. The van der Waals surface area contributed by atoms with Gasteiger partial charge >= 0.3 is 0 Å². The minimum absolute atomic E-state index is 0. The Kier molecular flexibility index (Phi) is 112. The van der Waals surface area contributed by atoms with Gasteiger partial charge in [-0.2, -0.15) is 0 Å². The first-order valence-corrected chi connectivity index (χ1v) is 34.0. The van der Waals surface area contributed by atoms with Gasteiger partial charge in [0.05, 0.1) is 19.3 Å². The minimum Gasteiger partial charge on any atom is -0.492 e. The molecule has 0 amide bonds. The molecule has 3 saturated heterocycles. The molecule has 0 aliphatic carbocycles. The van der Waals surface area contributed by atoms with Gasteiger partial charge in [0.1, 0.15) is 12.4 Å². The van der Waals surface area contributed by atoms with Crippen LogP contribution in [-0.4, -0.2) is 218 Å². The van der Waals surface area contributed by atoms with Gasteiger partial charge in [-0.05, 0) is 168 Å². The molecule has 0 bridgehead atoms. The highest BCUT2D eigenvalue weighted by atomic mass is 16.5. The number of nitrogens with zero attached hydrogens (tertiary/aromatic N) is 4. The Labute approximate surface area is 529 Å². The Morgan fingerprint density at radius 1 is 0.494 bits per heavy atom. The van der Waals surface area contributed by atoms with E-state index in [1.165, 1.54) is 187 Å². The largest absolute Gasteiger partial charge is 0.492 e. The number of nitrogens with two attached hydrogens (primary N) is 10. The van der Waals surface area contributed by atoms with E-state index in [-0.39, 0.29) is 32.8 Å². The summed E-state index contributed by atoms with van der Waals surface area (Å²) in [6, 6.07) is 9.64. The molecule has 1 aromatic rings. The monoisotopic (exact) mass is 1220 g/mol. The van der Waals surface area contributed by atoms with E-state index >= 15 is 0 Å². The molecular weight excluding hydrogens is 1070 g/mol. The molecule has 2 atom stereocenters. The smallest absolute Gasteiger partial charge is 0.119 e. The van der Waals surface area contributed by atoms with Crippen LogP contribution in [0.15, 0.2) is 30.3 Å². The van der Waals surface area contributed by atoms with Crippen LogP contribution < -0.4 is 67.4 Å². The molecule has 0 spiro atoms. The Morgan fingerprint density at radius 2 is 0.965 bits per heavy atom. The maximum atomic E-state index is 8.61. The van der Waals surface area contributed by atoms with Crippen LogP contribution in [0.5, 0.6) is 5.75 Å². The van der Waals surface area contributed by atoms with Gasteiger partial charge in [0.2, 0.25) is 0 Å². The second-order valence-corrected chi connectivity index (χ2v) is 21.4. The van der Waals surface area contributed by atoms with Crippen LogP contribution in [0.2, 0.25) is 0 Å². The van der Waals surface area contributed by atoms with Crippen LogP contribution in [0.25, 0.3) is 0 Å². The SMILES string of the molecule is C.C1CCNCC1.CCC(N)CO.CCC(O)CN.CCCCCCCN.CCCCCCN.CCCCCN.CCCCN.CCCN(CCN)CCO.CN1CCN(CCCN)CC1.NCCN1CCCCC1.NCCOc1ccccc1. The lowest BCUT2D eigenvalue weighted by atomic mass is 10.1. The molecule has 19 nitrogen and oxygen atoms in total. The van der Waals surface area contributed by atoms with Crippen molar-refractivity contribution in [2.45, 2.75) is 222 Å². The molecule has 3 fully saturated rings. The number of para-hydroxylation sites is 1. The highest BCUT2D eigenvalue weighted by molar-refractivity contribution is 5.20. The summed E-state index contributed by atoms with van der Waals surface area (Å²) < 4.78 is 5.23. The van der Waals surface area contributed by atoms with Gasteiger partial charge in [-0.25, -0.2) is 0 Å². The molecule has 0 radical (unpaired) electrons. The third-order valence-corrected chi connectivity index (χ3v) is 13.1. The summed E-state index contributed by atoms with van der Waals surface area (Å²) in [6.07, 6.45) is 29.9. The Bertz CT molecular complexity index is 1100. The number of benzene rings is 1. The van der Waals surface area contributed by atoms with Gasteiger partial charge < -0.3 is 97.4 Å². The number of piperidine rings is 2. The summed E-state index contributed by atoms with van der Waals surface area (Å²) in [5, 5.41) is 28.6. The molecule has 520 valence electrons. The Morgan fingerprint density at radius 3 is 1.29 bits per heavy atom. The highest BCUT2D eigenvalue weighted by Crippen LogP contribution is 2.08. The number of unbranched alkanes of at least 4 members (excludes halogenated alkanes) is 10. The zero-order valence-electron chi connectivity index (χ0n) is 57.0. The molecule has 3 aliphatic rings. The van der Waals surface area contributed by atoms with E-state index in [0.717, 1.165) is 96.9 Å². The van der Waals surface area contributed by atoms with Crippen LogP contribution in [0.4, 0.5) is 0 Å². The maximum Gasteiger partial charge on any atom is 0.119 e. The first kappa shape index (κ1) is 99.5. The highest BCUT2D eigenvalue weighted by Gasteiger charge is 2.12. The minimum atomic E-state index is -0.287. The molecular formula is C66H157N15O4. The fraction of sp³-hybridized carbons (Fsp3) is 0.909. The number of likely N-dealkylation sites (tertiary alicyclic amines) is 1. The molecule has 0 saturated carbocycles. The number of rotatable bonds is 32. The topological polar surface area (TPSA) is 355 Å². The van der Waals surface area contributed by atoms with E-state index < -0.39 is 0 Å². The van der Waals surface area contributed by atoms with Crippen molar-refractivity contribution in [1.82, 2.24) is 24.9 Å². The van der Waals surface area contributed by atoms with Gasteiger partial charge in [-0.1, -0.05) is 151 Å². The molecule has 4 rings (SSSR count). The number of ether oxygens (including phenoxy) is 1. The average Bonchev–Trinajstić information content (AvgIpc) is 3.54. The van der Waals surface area contributed by atoms with E-state index in [1.807, 2.05) is 44.2 Å². The van der Waals surface area contributed by atoms with Crippen LogP contribution in [0.1, 0.15) is 210 Å². The molecule has 1 aromatic carbocycles. The van der Waals surface area contributed by atoms with Gasteiger partial charge in [-0.15, -0.1) is 0 Å². The maximum absolute atomic E-state index is 8.61. The summed E-state index contributed by atoms with van der Waals surface area (Å²) in [5.74, 6) is 0.882. The summed E-state index contributed by atoms with van der Waals surface area (Å²) in [7, 11) is 2.18. The number of aliphatic hydroxyl groups is 3. The normalized spacial score (nSPS) is 14.2. The Balaban J connectivity index is -0.000000129. The molecule has 24 N–H and O–H groups in total. The first-order chi connectivity index (χ1) is 40.8. The van der Waals surface area contributed by atoms with E-state index in [1.54, 1.807) is 0 Å². The number of likely N-dealkylation sites (N-methyl/N-ethyl adjacent to an activating group) is 1. The van der Waals surface area contributed by atoms with Crippen molar-refractivity contribution in [3.8, 4) is 5.75 Å². The fourth-order valence-corrected chi connectivity index (χ4v) is 7.44. The molecule has 3 aliphatic heterocycles. The van der Waals surface area contributed by atoms with Crippen LogP contribution >= 0.6 is 0 Å². The third-order valence-electron chi connectivity index (χ3n) is 13.1. The number of hydrogen-bond donors (Lipinski definition) is 14. The summed E-state index contributed by atoms with van der Waals surface area (Å²) in [4.78, 5) is 9.48. The van der Waals surface area contributed by atoms with Crippen molar-refractivity contribution >= 4 is 0 Å². The van der Waals surface area contributed by atoms with Gasteiger partial charge in [-0.3, -0.25) is 4.90 Å². The summed E-state index contributed by atoms with van der Waals surface area (Å²) in [6.45, 7) is 37.2. The van der Waals surface area contributed by atoms with Crippen molar-refractivity contribution in [1.29, 1.82) is 0 Å². The summed E-state index contributed by atoms with van der Waals surface area (Å²) >= 11 is 0. The number of piperazine rings is 1. The lowest BCUT2D eigenvalue weighted by Gasteiger charge is -2.32.